The van der Waals surface area contributed by atoms with Gasteiger partial charge in [0, 0.05) is 31.7 Å². The van der Waals surface area contributed by atoms with Crippen LogP contribution in [0.25, 0.3) is 0 Å². The van der Waals surface area contributed by atoms with Crippen molar-refractivity contribution in [3.05, 3.63) is 35.6 Å². The number of hydrogen-bond acceptors (Lipinski definition) is 6. The lowest BCUT2D eigenvalue weighted by Gasteiger charge is -2.30. The molecular weight excluding hydrogens is 354 g/mol. The predicted octanol–water partition coefficient (Wildman–Crippen LogP) is 3.80. The fourth-order valence-electron chi connectivity index (χ4n) is 4.00. The fourth-order valence-corrected chi connectivity index (χ4v) is 4.00. The van der Waals surface area contributed by atoms with Gasteiger partial charge < -0.3 is 14.3 Å². The van der Waals surface area contributed by atoms with Crippen molar-refractivity contribution in [1.82, 2.24) is 20.0 Å². The molecule has 7 heteroatoms. The number of nitrogens with zero attached hydrogens (tertiary/aromatic N) is 5. The van der Waals surface area contributed by atoms with E-state index in [4.69, 9.17) is 4.52 Å². The van der Waals surface area contributed by atoms with Crippen molar-refractivity contribution in [3.63, 3.8) is 0 Å². The van der Waals surface area contributed by atoms with Crippen LogP contribution in [-0.2, 0) is 0 Å². The minimum absolute atomic E-state index is 0.0777. The number of aromatic nitrogens is 3. The number of rotatable bonds is 4. The molecule has 1 unspecified atom stereocenters. The first-order valence-corrected chi connectivity index (χ1v) is 10.4. The fraction of sp³-hybridized carbons (Fsp3) is 0.619. The maximum atomic E-state index is 12.7. The molecule has 0 saturated carbocycles. The Balaban J connectivity index is 1.47. The normalized spacial score (nSPS) is 20.9. The van der Waals surface area contributed by atoms with Gasteiger partial charge in [0.05, 0.1) is 11.6 Å². The lowest BCUT2D eigenvalue weighted by atomic mass is 9.99. The van der Waals surface area contributed by atoms with E-state index in [2.05, 4.69) is 26.9 Å². The highest BCUT2D eigenvalue weighted by Gasteiger charge is 2.31. The average Bonchev–Trinajstić information content (AvgIpc) is 3.37. The molecule has 2 aromatic heterocycles. The SMILES string of the molecule is CC1CCN(C(=O)c2ccc(N3CCCC3c3noc(C(C)C)n3)nc2)CC1. The molecule has 28 heavy (non-hydrogen) atoms. The van der Waals surface area contributed by atoms with E-state index in [-0.39, 0.29) is 17.9 Å². The quantitative estimate of drug-likeness (QED) is 0.799. The Morgan fingerprint density at radius 1 is 1.18 bits per heavy atom. The molecule has 4 heterocycles. The first-order chi connectivity index (χ1) is 13.5. The topological polar surface area (TPSA) is 75.4 Å². The monoisotopic (exact) mass is 383 g/mol. The highest BCUT2D eigenvalue weighted by molar-refractivity contribution is 5.94. The van der Waals surface area contributed by atoms with Gasteiger partial charge in [-0.25, -0.2) is 4.98 Å². The third-order valence-electron chi connectivity index (χ3n) is 5.86. The van der Waals surface area contributed by atoms with Crippen LogP contribution in [0.1, 0.15) is 80.5 Å². The summed E-state index contributed by atoms with van der Waals surface area (Å²) in [7, 11) is 0. The smallest absolute Gasteiger partial charge is 0.255 e. The zero-order valence-corrected chi connectivity index (χ0v) is 17.0. The highest BCUT2D eigenvalue weighted by atomic mass is 16.5. The van der Waals surface area contributed by atoms with Crippen LogP contribution in [0.5, 0.6) is 0 Å². The Kier molecular flexibility index (Phi) is 5.33. The average molecular weight is 383 g/mol. The zero-order valence-electron chi connectivity index (χ0n) is 17.0. The molecule has 2 aliphatic heterocycles. The second-order valence-corrected chi connectivity index (χ2v) is 8.38. The van der Waals surface area contributed by atoms with Gasteiger partial charge in [0.2, 0.25) is 5.89 Å². The van der Waals surface area contributed by atoms with Crippen molar-refractivity contribution in [2.75, 3.05) is 24.5 Å². The summed E-state index contributed by atoms with van der Waals surface area (Å²) in [6.45, 7) is 8.92. The standard InChI is InChI=1S/C21H29N5O2/c1-14(2)20-23-19(24-28-20)17-5-4-10-26(17)18-7-6-16(13-22-18)21(27)25-11-8-15(3)9-12-25/h6-7,13-15,17H,4-5,8-12H2,1-3H3. The van der Waals surface area contributed by atoms with Crippen LogP contribution < -0.4 is 4.90 Å². The van der Waals surface area contributed by atoms with Crippen molar-refractivity contribution < 1.29 is 9.32 Å². The van der Waals surface area contributed by atoms with Gasteiger partial charge in [0.1, 0.15) is 5.82 Å². The van der Waals surface area contributed by atoms with Gasteiger partial charge in [0.25, 0.3) is 5.91 Å². The van der Waals surface area contributed by atoms with Crippen molar-refractivity contribution in [3.8, 4) is 0 Å². The lowest BCUT2D eigenvalue weighted by molar-refractivity contribution is 0.0697. The second kappa shape index (κ2) is 7.89. The van der Waals surface area contributed by atoms with Crippen LogP contribution in [0.15, 0.2) is 22.9 Å². The van der Waals surface area contributed by atoms with Gasteiger partial charge in [0.15, 0.2) is 5.82 Å². The number of piperidine rings is 1. The summed E-state index contributed by atoms with van der Waals surface area (Å²) in [5, 5.41) is 4.19. The maximum absolute atomic E-state index is 12.7. The first kappa shape index (κ1) is 18.9. The first-order valence-electron chi connectivity index (χ1n) is 10.4. The molecule has 0 radical (unpaired) electrons. The highest BCUT2D eigenvalue weighted by Crippen LogP contribution is 2.34. The van der Waals surface area contributed by atoms with Gasteiger partial charge in [-0.15, -0.1) is 0 Å². The summed E-state index contributed by atoms with van der Waals surface area (Å²) < 4.78 is 5.39. The maximum Gasteiger partial charge on any atom is 0.255 e. The Morgan fingerprint density at radius 3 is 2.61 bits per heavy atom. The van der Waals surface area contributed by atoms with Gasteiger partial charge >= 0.3 is 0 Å². The lowest BCUT2D eigenvalue weighted by Crippen LogP contribution is -2.38. The molecule has 1 amide bonds. The van der Waals surface area contributed by atoms with Crippen LogP contribution in [0.4, 0.5) is 5.82 Å². The molecule has 2 aromatic rings. The summed E-state index contributed by atoms with van der Waals surface area (Å²) in [6, 6.07) is 3.92. The molecule has 2 aliphatic rings. The molecule has 0 aromatic carbocycles. The van der Waals surface area contributed by atoms with Crippen LogP contribution in [0.2, 0.25) is 0 Å². The Morgan fingerprint density at radius 2 is 1.96 bits per heavy atom. The number of pyridine rings is 1. The van der Waals surface area contributed by atoms with Crippen molar-refractivity contribution >= 4 is 11.7 Å². The van der Waals surface area contributed by atoms with Gasteiger partial charge in [-0.2, -0.15) is 4.98 Å². The molecule has 150 valence electrons. The molecule has 0 spiro atoms. The van der Waals surface area contributed by atoms with E-state index in [1.165, 1.54) is 0 Å². The summed E-state index contributed by atoms with van der Waals surface area (Å²) in [4.78, 5) is 26.1. The van der Waals surface area contributed by atoms with Gasteiger partial charge in [-0.05, 0) is 43.7 Å². The molecule has 7 nitrogen and oxygen atoms in total. The molecule has 4 rings (SSSR count). The predicted molar refractivity (Wildman–Crippen MR) is 106 cm³/mol. The third kappa shape index (κ3) is 3.75. The Bertz CT molecular complexity index is 808. The van der Waals surface area contributed by atoms with Gasteiger partial charge in [-0.3, -0.25) is 4.79 Å². The number of likely N-dealkylation sites (tertiary alicyclic amines) is 1. The van der Waals surface area contributed by atoms with E-state index in [1.54, 1.807) is 6.20 Å². The number of hydrogen-bond donors (Lipinski definition) is 0. The van der Waals surface area contributed by atoms with E-state index in [9.17, 15) is 4.79 Å². The number of anilines is 1. The third-order valence-corrected chi connectivity index (χ3v) is 5.86. The molecule has 2 fully saturated rings. The number of carbonyl (C=O) groups excluding carboxylic acids is 1. The summed E-state index contributed by atoms with van der Waals surface area (Å²) in [6.07, 6.45) is 5.91. The van der Waals surface area contributed by atoms with Crippen LogP contribution >= 0.6 is 0 Å². The largest absolute Gasteiger partial charge is 0.346 e. The molecule has 0 N–H and O–H groups in total. The zero-order chi connectivity index (χ0) is 19.7. The summed E-state index contributed by atoms with van der Waals surface area (Å²) in [5.41, 5.74) is 0.663. The van der Waals surface area contributed by atoms with Crippen molar-refractivity contribution in [2.24, 2.45) is 5.92 Å². The van der Waals surface area contributed by atoms with Crippen molar-refractivity contribution in [1.29, 1.82) is 0 Å². The van der Waals surface area contributed by atoms with E-state index < -0.39 is 0 Å². The van der Waals surface area contributed by atoms with Crippen LogP contribution in [0, 0.1) is 5.92 Å². The number of carbonyl (C=O) groups is 1. The minimum atomic E-state index is 0.0777. The summed E-state index contributed by atoms with van der Waals surface area (Å²) in [5.74, 6) is 3.28. The Hall–Kier alpha value is -2.44. The van der Waals surface area contributed by atoms with Crippen LogP contribution in [0.3, 0.4) is 0 Å². The summed E-state index contributed by atoms with van der Waals surface area (Å²) >= 11 is 0. The number of amides is 1. The van der Waals surface area contributed by atoms with Gasteiger partial charge in [-0.1, -0.05) is 25.9 Å². The van der Waals surface area contributed by atoms with E-state index in [1.807, 2.05) is 30.9 Å². The van der Waals surface area contributed by atoms with Crippen LogP contribution in [-0.4, -0.2) is 45.6 Å². The Labute approximate surface area is 166 Å². The van der Waals surface area contributed by atoms with E-state index in [0.29, 0.717) is 17.4 Å². The molecule has 0 aliphatic carbocycles. The molecule has 1 atom stereocenters. The van der Waals surface area contributed by atoms with Crippen molar-refractivity contribution in [2.45, 2.75) is 58.4 Å². The molecule has 0 bridgehead atoms. The molecule has 2 saturated heterocycles. The second-order valence-electron chi connectivity index (χ2n) is 8.38. The van der Waals surface area contributed by atoms with E-state index >= 15 is 0 Å². The minimum Gasteiger partial charge on any atom is -0.346 e. The van der Waals surface area contributed by atoms with E-state index in [0.717, 1.165) is 57.0 Å². The molecular formula is C21H29N5O2.